The van der Waals surface area contributed by atoms with Crippen molar-refractivity contribution in [2.75, 3.05) is 35.5 Å². The number of carbonyl (C=O) groups is 2. The van der Waals surface area contributed by atoms with Crippen LogP contribution in [0.4, 0.5) is 4.79 Å². The van der Waals surface area contributed by atoms with E-state index in [1.807, 2.05) is 0 Å². The van der Waals surface area contributed by atoms with E-state index in [1.54, 1.807) is 43.5 Å². The highest BCUT2D eigenvalue weighted by Gasteiger charge is 2.36. The van der Waals surface area contributed by atoms with Crippen molar-refractivity contribution in [3.05, 3.63) is 53.1 Å². The van der Waals surface area contributed by atoms with E-state index in [0.29, 0.717) is 39.8 Å². The third-order valence-corrected chi connectivity index (χ3v) is 4.90. The Morgan fingerprint density at radius 2 is 1.45 bits per heavy atom. The van der Waals surface area contributed by atoms with Gasteiger partial charge in [0.1, 0.15) is 11.5 Å². The van der Waals surface area contributed by atoms with E-state index in [1.165, 1.54) is 28.4 Å². The Morgan fingerprint density at radius 1 is 0.839 bits per heavy atom. The molecule has 2 amide bonds. The largest absolute Gasteiger partial charge is 0.497 e. The predicted octanol–water partition coefficient (Wildman–Crippen LogP) is 2.66. The fourth-order valence-electron chi connectivity index (χ4n) is 3.39. The molecule has 1 aliphatic heterocycles. The van der Waals surface area contributed by atoms with Crippen LogP contribution in [0.5, 0.6) is 23.0 Å². The van der Waals surface area contributed by atoms with Crippen LogP contribution in [0.25, 0.3) is 5.70 Å². The number of rotatable bonds is 7. The van der Waals surface area contributed by atoms with Crippen molar-refractivity contribution in [1.82, 2.24) is 10.6 Å². The van der Waals surface area contributed by atoms with Gasteiger partial charge in [0.2, 0.25) is 0 Å². The summed E-state index contributed by atoms with van der Waals surface area (Å²) in [7, 11) is 7.32. The number of methoxy groups -OCH3 is 5. The van der Waals surface area contributed by atoms with Crippen LogP contribution in [0.15, 0.2) is 42.0 Å². The Balaban J connectivity index is 2.24. The molecule has 0 saturated carbocycles. The molecule has 1 heterocycles. The summed E-state index contributed by atoms with van der Waals surface area (Å²) >= 11 is 0. The number of hydrogen-bond acceptors (Lipinski definition) is 7. The predicted molar refractivity (Wildman–Crippen MR) is 112 cm³/mol. The van der Waals surface area contributed by atoms with Gasteiger partial charge in [-0.3, -0.25) is 0 Å². The van der Waals surface area contributed by atoms with Crippen LogP contribution in [0, 0.1) is 0 Å². The Bertz CT molecular complexity index is 1020. The zero-order valence-electron chi connectivity index (χ0n) is 17.9. The summed E-state index contributed by atoms with van der Waals surface area (Å²) in [5.41, 5.74) is 1.64. The maximum absolute atomic E-state index is 12.8. The average molecular weight is 428 g/mol. The molecule has 1 aliphatic rings. The van der Waals surface area contributed by atoms with Crippen LogP contribution in [-0.2, 0) is 9.53 Å². The number of nitrogens with one attached hydrogen (secondary N) is 2. The van der Waals surface area contributed by atoms with E-state index in [4.69, 9.17) is 23.7 Å². The lowest BCUT2D eigenvalue weighted by molar-refractivity contribution is -0.136. The highest BCUT2D eigenvalue weighted by molar-refractivity contribution is 6.04. The molecule has 9 nitrogen and oxygen atoms in total. The molecule has 0 aromatic heterocycles. The number of benzene rings is 2. The van der Waals surface area contributed by atoms with Crippen LogP contribution < -0.4 is 29.6 Å². The van der Waals surface area contributed by atoms with E-state index in [-0.39, 0.29) is 5.57 Å². The van der Waals surface area contributed by atoms with Crippen LogP contribution in [-0.4, -0.2) is 47.5 Å². The molecule has 164 valence electrons. The molecule has 2 aromatic carbocycles. The minimum Gasteiger partial charge on any atom is -0.497 e. The fraction of sp³-hybridized carbons (Fsp3) is 0.273. The van der Waals surface area contributed by atoms with E-state index in [0.717, 1.165) is 0 Å². The second-order valence-corrected chi connectivity index (χ2v) is 6.49. The Labute approximate surface area is 179 Å². The first-order chi connectivity index (χ1) is 15.0. The van der Waals surface area contributed by atoms with Crippen LogP contribution in [0.1, 0.15) is 17.2 Å². The van der Waals surface area contributed by atoms with Gasteiger partial charge in [0.15, 0.2) is 11.5 Å². The lowest BCUT2D eigenvalue weighted by Gasteiger charge is -2.30. The SMILES string of the molecule is COC(=O)C1=C(c2ccc(OC)cc2)NC(=O)NC1c1cc(OC)c(OC)cc1OC. The number of urea groups is 1. The minimum atomic E-state index is -0.868. The summed E-state index contributed by atoms with van der Waals surface area (Å²) in [5, 5.41) is 5.49. The van der Waals surface area contributed by atoms with E-state index >= 15 is 0 Å². The van der Waals surface area contributed by atoms with E-state index < -0.39 is 18.0 Å². The van der Waals surface area contributed by atoms with Crippen LogP contribution in [0.2, 0.25) is 0 Å². The average Bonchev–Trinajstić information content (AvgIpc) is 2.82. The third-order valence-electron chi connectivity index (χ3n) is 4.90. The van der Waals surface area contributed by atoms with Crippen molar-refractivity contribution in [3.63, 3.8) is 0 Å². The van der Waals surface area contributed by atoms with E-state index in [9.17, 15) is 9.59 Å². The van der Waals surface area contributed by atoms with E-state index in [2.05, 4.69) is 10.6 Å². The molecule has 0 bridgehead atoms. The van der Waals surface area contributed by atoms with Gasteiger partial charge in [-0.15, -0.1) is 0 Å². The van der Waals surface area contributed by atoms with Crippen molar-refractivity contribution in [2.24, 2.45) is 0 Å². The van der Waals surface area contributed by atoms with Gasteiger partial charge in [0.05, 0.1) is 52.9 Å². The first-order valence-corrected chi connectivity index (χ1v) is 9.31. The fourth-order valence-corrected chi connectivity index (χ4v) is 3.39. The minimum absolute atomic E-state index is 0.206. The second-order valence-electron chi connectivity index (χ2n) is 6.49. The van der Waals surface area contributed by atoms with Gasteiger partial charge < -0.3 is 34.3 Å². The summed E-state index contributed by atoms with van der Waals surface area (Å²) in [6.07, 6.45) is 0. The quantitative estimate of drug-likeness (QED) is 0.654. The summed E-state index contributed by atoms with van der Waals surface area (Å²) in [6.45, 7) is 0. The Hall–Kier alpha value is -3.88. The molecular weight excluding hydrogens is 404 g/mol. The maximum atomic E-state index is 12.8. The summed E-state index contributed by atoms with van der Waals surface area (Å²) in [5.74, 6) is 1.30. The lowest BCUT2D eigenvalue weighted by atomic mass is 9.91. The van der Waals surface area contributed by atoms with Crippen molar-refractivity contribution >= 4 is 17.7 Å². The first-order valence-electron chi connectivity index (χ1n) is 9.31. The number of carbonyl (C=O) groups excluding carboxylic acids is 2. The number of amides is 2. The topological polar surface area (TPSA) is 104 Å². The number of hydrogen-bond donors (Lipinski definition) is 2. The highest BCUT2D eigenvalue weighted by Crippen LogP contribution is 2.42. The molecule has 0 fully saturated rings. The van der Waals surface area contributed by atoms with Crippen LogP contribution >= 0.6 is 0 Å². The van der Waals surface area contributed by atoms with Gasteiger partial charge >= 0.3 is 12.0 Å². The molecule has 0 aliphatic carbocycles. The molecule has 0 spiro atoms. The first kappa shape index (κ1) is 21.8. The Morgan fingerprint density at radius 3 is 2.00 bits per heavy atom. The van der Waals surface area contributed by atoms with Gasteiger partial charge in [-0.2, -0.15) is 0 Å². The molecule has 1 unspecified atom stereocenters. The molecule has 9 heteroatoms. The summed E-state index contributed by atoms with van der Waals surface area (Å²) in [6, 6.07) is 8.88. The highest BCUT2D eigenvalue weighted by atomic mass is 16.5. The summed E-state index contributed by atoms with van der Waals surface area (Å²) in [4.78, 5) is 25.4. The number of ether oxygens (including phenoxy) is 5. The second kappa shape index (κ2) is 9.29. The molecule has 3 rings (SSSR count). The molecule has 0 saturated heterocycles. The van der Waals surface area contributed by atoms with Gasteiger partial charge in [0, 0.05) is 11.6 Å². The molecule has 2 aromatic rings. The van der Waals surface area contributed by atoms with Gasteiger partial charge in [-0.05, 0) is 35.9 Å². The maximum Gasteiger partial charge on any atom is 0.338 e. The molecule has 2 N–H and O–H groups in total. The zero-order valence-corrected chi connectivity index (χ0v) is 17.9. The molecule has 1 atom stereocenters. The van der Waals surface area contributed by atoms with Gasteiger partial charge in [-0.1, -0.05) is 0 Å². The molecule has 31 heavy (non-hydrogen) atoms. The number of esters is 1. The lowest BCUT2D eigenvalue weighted by Crippen LogP contribution is -2.45. The van der Waals surface area contributed by atoms with Crippen molar-refractivity contribution in [3.8, 4) is 23.0 Å². The molecular formula is C22H24N2O7. The third kappa shape index (κ3) is 4.20. The Kier molecular flexibility index (Phi) is 6.54. The molecule has 0 radical (unpaired) electrons. The zero-order chi connectivity index (χ0) is 22.5. The van der Waals surface area contributed by atoms with Crippen molar-refractivity contribution in [1.29, 1.82) is 0 Å². The normalized spacial score (nSPS) is 15.5. The smallest absolute Gasteiger partial charge is 0.338 e. The van der Waals surface area contributed by atoms with Gasteiger partial charge in [0.25, 0.3) is 0 Å². The van der Waals surface area contributed by atoms with Crippen LogP contribution in [0.3, 0.4) is 0 Å². The van der Waals surface area contributed by atoms with Gasteiger partial charge in [-0.25, -0.2) is 9.59 Å². The summed E-state index contributed by atoms with van der Waals surface area (Å²) < 4.78 is 26.5. The van der Waals surface area contributed by atoms with Crippen molar-refractivity contribution < 1.29 is 33.3 Å². The monoisotopic (exact) mass is 428 g/mol. The standard InChI is InChI=1S/C22H24N2O7/c1-27-13-8-6-12(7-9-13)19-18(21(25)31-5)20(24-22(26)23-19)14-10-16(29-3)17(30-4)11-15(14)28-2/h6-11,20H,1-5H3,(H2,23,24,26). The van der Waals surface area contributed by atoms with Crippen molar-refractivity contribution in [2.45, 2.75) is 6.04 Å².